The van der Waals surface area contributed by atoms with Gasteiger partial charge in [0.05, 0.1) is 28.7 Å². The molecule has 0 aliphatic carbocycles. The van der Waals surface area contributed by atoms with Crippen molar-refractivity contribution in [2.75, 3.05) is 37.6 Å². The molecule has 3 rings (SSSR count). The van der Waals surface area contributed by atoms with Gasteiger partial charge >= 0.3 is 18.1 Å². The van der Waals surface area contributed by atoms with Gasteiger partial charge in [0, 0.05) is 31.5 Å². The van der Waals surface area contributed by atoms with Crippen molar-refractivity contribution in [3.8, 4) is 11.5 Å². The van der Waals surface area contributed by atoms with Crippen molar-refractivity contribution >= 4 is 52.4 Å². The summed E-state index contributed by atoms with van der Waals surface area (Å²) in [5.41, 5.74) is 0.911. The van der Waals surface area contributed by atoms with E-state index < -0.39 is 46.0 Å². The number of amides is 1. The van der Waals surface area contributed by atoms with Crippen LogP contribution in [0.4, 0.5) is 24.5 Å². The maximum atomic E-state index is 12.8. The van der Waals surface area contributed by atoms with Crippen molar-refractivity contribution in [2.45, 2.75) is 40.0 Å². The number of nitro benzene ring substituents is 1. The molecular weight excluding hydrogens is 684 g/mol. The number of carbonyl (C=O) groups excluding carboxylic acids is 3. The molecule has 260 valence electrons. The fourth-order valence-electron chi connectivity index (χ4n) is 4.17. The number of benzene rings is 3. The van der Waals surface area contributed by atoms with E-state index in [2.05, 4.69) is 0 Å². The molecule has 1 unspecified atom stereocenters. The van der Waals surface area contributed by atoms with Crippen LogP contribution in [-0.4, -0.2) is 61.6 Å². The standard InChI is InChI=1S/C19H15ClF3NO7.C13H18ClNO2/c1-3-29-17(25)10(2)30-18(26)13-9-12(5-6-15(13)24(27)28)31-16-7-4-11(8-14(16)20)19(21,22)23;1-10-5-4-6-11(2)13(10)15(7-8-17-3)12(16)9-14/h4-10H,3H2,1-2H3;4-6H,7-9H2,1-3H3. The Morgan fingerprint density at radius 2 is 1.69 bits per heavy atom. The average molecular weight is 718 g/mol. The van der Waals surface area contributed by atoms with Crippen molar-refractivity contribution in [1.29, 1.82) is 0 Å². The first-order valence-electron chi connectivity index (χ1n) is 14.2. The summed E-state index contributed by atoms with van der Waals surface area (Å²) in [5.74, 6) is -2.47. The van der Waals surface area contributed by atoms with Crippen molar-refractivity contribution in [1.82, 2.24) is 0 Å². The van der Waals surface area contributed by atoms with Gasteiger partial charge in [0.15, 0.2) is 6.10 Å². The van der Waals surface area contributed by atoms with E-state index in [9.17, 15) is 37.7 Å². The van der Waals surface area contributed by atoms with E-state index in [1.807, 2.05) is 32.0 Å². The molecule has 0 saturated carbocycles. The fourth-order valence-corrected chi connectivity index (χ4v) is 4.53. The van der Waals surface area contributed by atoms with Crippen LogP contribution in [0.2, 0.25) is 5.02 Å². The number of aryl methyl sites for hydroxylation is 2. The Labute approximate surface area is 284 Å². The van der Waals surface area contributed by atoms with Crippen molar-refractivity contribution in [3.63, 3.8) is 0 Å². The van der Waals surface area contributed by atoms with Gasteiger partial charge in [-0.2, -0.15) is 13.2 Å². The SMILES string of the molecule is CCOC(=O)C(C)OC(=O)c1cc(Oc2ccc(C(F)(F)F)cc2Cl)ccc1[N+](=O)[O-].COCCN(C(=O)CCl)c1c(C)cccc1C. The highest BCUT2D eigenvalue weighted by Gasteiger charge is 2.31. The second kappa shape index (κ2) is 18.2. The van der Waals surface area contributed by atoms with Gasteiger partial charge in [-0.1, -0.05) is 29.8 Å². The number of methoxy groups -OCH3 is 1. The predicted molar refractivity (Wildman–Crippen MR) is 172 cm³/mol. The highest BCUT2D eigenvalue weighted by molar-refractivity contribution is 6.32. The summed E-state index contributed by atoms with van der Waals surface area (Å²) in [4.78, 5) is 47.9. The Bertz CT molecular complexity index is 1600. The van der Waals surface area contributed by atoms with E-state index >= 15 is 0 Å². The monoisotopic (exact) mass is 716 g/mol. The molecule has 16 heteroatoms. The number of alkyl halides is 4. The van der Waals surface area contributed by atoms with E-state index in [1.54, 1.807) is 18.9 Å². The zero-order chi connectivity index (χ0) is 36.2. The molecule has 1 atom stereocenters. The Hall–Kier alpha value is -4.40. The first-order chi connectivity index (χ1) is 22.5. The minimum absolute atomic E-state index is 0.0164. The van der Waals surface area contributed by atoms with Crippen molar-refractivity contribution in [3.05, 3.63) is 92.0 Å². The van der Waals surface area contributed by atoms with Crippen molar-refractivity contribution in [2.24, 2.45) is 0 Å². The quantitative estimate of drug-likeness (QED) is 0.0800. The zero-order valence-corrected chi connectivity index (χ0v) is 28.1. The molecule has 0 spiro atoms. The third-order valence-electron chi connectivity index (χ3n) is 6.42. The molecule has 11 nitrogen and oxygen atoms in total. The molecule has 3 aromatic carbocycles. The second-order valence-corrected chi connectivity index (χ2v) is 10.6. The van der Waals surface area contributed by atoms with Gasteiger partial charge in [0.1, 0.15) is 22.9 Å². The van der Waals surface area contributed by atoms with Gasteiger partial charge in [0.2, 0.25) is 5.91 Å². The number of esters is 2. The molecular formula is C32H33Cl2F3N2O9. The van der Waals surface area contributed by atoms with Crippen LogP contribution in [-0.2, 0) is 30.0 Å². The summed E-state index contributed by atoms with van der Waals surface area (Å²) in [6.07, 6.45) is -5.94. The number of nitrogens with zero attached hydrogens (tertiary/aromatic N) is 2. The lowest BCUT2D eigenvalue weighted by atomic mass is 10.1. The third kappa shape index (κ3) is 11.1. The summed E-state index contributed by atoms with van der Waals surface area (Å²) in [6, 6.07) is 11.3. The number of nitro groups is 1. The summed E-state index contributed by atoms with van der Waals surface area (Å²) in [5, 5.41) is 10.9. The number of halogens is 5. The number of hydrogen-bond acceptors (Lipinski definition) is 9. The normalized spacial score (nSPS) is 11.5. The highest BCUT2D eigenvalue weighted by Crippen LogP contribution is 2.37. The van der Waals surface area contributed by atoms with E-state index in [1.165, 1.54) is 6.92 Å². The average Bonchev–Trinajstić information content (AvgIpc) is 3.02. The maximum Gasteiger partial charge on any atom is 0.416 e. The Morgan fingerprint density at radius 3 is 2.21 bits per heavy atom. The van der Waals surface area contributed by atoms with Crippen LogP contribution < -0.4 is 9.64 Å². The van der Waals surface area contributed by atoms with Gasteiger partial charge in [-0.05, 0) is 63.1 Å². The molecule has 3 aromatic rings. The lowest BCUT2D eigenvalue weighted by Crippen LogP contribution is -2.35. The van der Waals surface area contributed by atoms with Crippen LogP contribution in [0.5, 0.6) is 11.5 Å². The second-order valence-electron chi connectivity index (χ2n) is 9.89. The number of hydrogen-bond donors (Lipinski definition) is 0. The molecule has 0 bridgehead atoms. The predicted octanol–water partition coefficient (Wildman–Crippen LogP) is 7.69. The number of para-hydroxylation sites is 1. The first kappa shape index (κ1) is 39.8. The summed E-state index contributed by atoms with van der Waals surface area (Å²) >= 11 is 11.5. The van der Waals surface area contributed by atoms with Crippen LogP contribution >= 0.6 is 23.2 Å². The Morgan fingerprint density at radius 1 is 1.04 bits per heavy atom. The molecule has 1 amide bonds. The molecule has 0 radical (unpaired) electrons. The molecule has 0 heterocycles. The summed E-state index contributed by atoms with van der Waals surface area (Å²) in [6.45, 7) is 7.81. The number of ether oxygens (including phenoxy) is 4. The maximum absolute atomic E-state index is 12.8. The third-order valence-corrected chi connectivity index (χ3v) is 6.94. The van der Waals surface area contributed by atoms with Gasteiger partial charge < -0.3 is 23.8 Å². The van der Waals surface area contributed by atoms with E-state index in [4.69, 9.17) is 42.1 Å². The molecule has 0 N–H and O–H groups in total. The number of rotatable bonds is 12. The Kier molecular flexibility index (Phi) is 15.1. The first-order valence-corrected chi connectivity index (χ1v) is 15.1. The lowest BCUT2D eigenvalue weighted by Gasteiger charge is -2.25. The Balaban J connectivity index is 0.000000397. The molecule has 0 aliphatic rings. The lowest BCUT2D eigenvalue weighted by molar-refractivity contribution is -0.385. The van der Waals surface area contributed by atoms with Gasteiger partial charge in [-0.25, -0.2) is 9.59 Å². The fraction of sp³-hybridized carbons (Fsp3) is 0.344. The van der Waals surface area contributed by atoms with E-state index in [0.717, 1.165) is 47.1 Å². The van der Waals surface area contributed by atoms with Gasteiger partial charge in [0.25, 0.3) is 5.69 Å². The largest absolute Gasteiger partial charge is 0.463 e. The topological polar surface area (TPSA) is 135 Å². The van der Waals surface area contributed by atoms with E-state index in [0.29, 0.717) is 19.2 Å². The number of anilines is 1. The van der Waals surface area contributed by atoms with Crippen molar-refractivity contribution < 1.29 is 51.4 Å². The van der Waals surface area contributed by atoms with Crippen LogP contribution in [0.3, 0.4) is 0 Å². The molecule has 0 aromatic heterocycles. The molecule has 48 heavy (non-hydrogen) atoms. The highest BCUT2D eigenvalue weighted by atomic mass is 35.5. The summed E-state index contributed by atoms with van der Waals surface area (Å²) in [7, 11) is 1.62. The molecule has 0 aliphatic heterocycles. The van der Waals surface area contributed by atoms with E-state index in [-0.39, 0.29) is 34.9 Å². The van der Waals surface area contributed by atoms with Crippen LogP contribution in [0, 0.1) is 24.0 Å². The van der Waals surface area contributed by atoms with Crippen LogP contribution in [0.1, 0.15) is 40.9 Å². The molecule has 0 saturated heterocycles. The van der Waals surface area contributed by atoms with Crippen LogP contribution in [0.25, 0.3) is 0 Å². The minimum Gasteiger partial charge on any atom is -0.463 e. The molecule has 0 fully saturated rings. The number of carbonyl (C=O) groups is 3. The zero-order valence-electron chi connectivity index (χ0n) is 26.6. The minimum atomic E-state index is -4.61. The van der Waals surface area contributed by atoms with Gasteiger partial charge in [-0.3, -0.25) is 14.9 Å². The van der Waals surface area contributed by atoms with Crippen LogP contribution in [0.15, 0.2) is 54.6 Å². The smallest absolute Gasteiger partial charge is 0.416 e. The van der Waals surface area contributed by atoms with Gasteiger partial charge in [-0.15, -0.1) is 11.6 Å². The summed E-state index contributed by atoms with van der Waals surface area (Å²) < 4.78 is 58.3.